The Morgan fingerprint density at radius 2 is 1.36 bits per heavy atom. The van der Waals surface area contributed by atoms with Crippen LogP contribution in [0.4, 0.5) is 0 Å². The van der Waals surface area contributed by atoms with Gasteiger partial charge in [0.25, 0.3) is 0 Å². The SMILES string of the molecule is Clc1nc(-c2ccc3ccccc3c2)c2c(ccc3ccccc32)n1. The van der Waals surface area contributed by atoms with Crippen LogP contribution in [0.2, 0.25) is 5.28 Å². The third kappa shape index (κ3) is 2.34. The Kier molecular flexibility index (Phi) is 3.19. The van der Waals surface area contributed by atoms with Crippen LogP contribution in [0.15, 0.2) is 78.9 Å². The molecule has 5 aromatic rings. The van der Waals surface area contributed by atoms with E-state index in [1.807, 2.05) is 30.3 Å². The Balaban J connectivity index is 1.91. The fraction of sp³-hybridized carbons (Fsp3) is 0. The normalized spacial score (nSPS) is 11.4. The third-order valence-electron chi connectivity index (χ3n) is 4.58. The van der Waals surface area contributed by atoms with Crippen LogP contribution in [0, 0.1) is 0 Å². The summed E-state index contributed by atoms with van der Waals surface area (Å²) in [6.45, 7) is 0. The molecular weight excluding hydrogens is 328 g/mol. The Bertz CT molecular complexity index is 1260. The van der Waals surface area contributed by atoms with Gasteiger partial charge in [-0.2, -0.15) is 0 Å². The minimum atomic E-state index is 0.269. The van der Waals surface area contributed by atoms with Crippen LogP contribution in [0.25, 0.3) is 43.7 Å². The number of aromatic nitrogens is 2. The second kappa shape index (κ2) is 5.54. The maximum absolute atomic E-state index is 6.22. The Hall–Kier alpha value is -2.97. The van der Waals surface area contributed by atoms with Gasteiger partial charge in [0.15, 0.2) is 0 Å². The molecule has 0 spiro atoms. The van der Waals surface area contributed by atoms with E-state index >= 15 is 0 Å². The molecule has 2 nitrogen and oxygen atoms in total. The van der Waals surface area contributed by atoms with E-state index in [-0.39, 0.29) is 5.28 Å². The quantitative estimate of drug-likeness (QED) is 0.266. The molecule has 5 rings (SSSR count). The molecule has 0 fully saturated rings. The molecule has 118 valence electrons. The fourth-order valence-corrected chi connectivity index (χ4v) is 3.60. The minimum Gasteiger partial charge on any atom is -0.218 e. The van der Waals surface area contributed by atoms with Crippen molar-refractivity contribution in [1.82, 2.24) is 9.97 Å². The predicted octanol–water partition coefficient (Wildman–Crippen LogP) is 6.26. The van der Waals surface area contributed by atoms with E-state index in [0.29, 0.717) is 0 Å². The van der Waals surface area contributed by atoms with Gasteiger partial charge < -0.3 is 0 Å². The van der Waals surface area contributed by atoms with Gasteiger partial charge in [-0.25, -0.2) is 9.97 Å². The van der Waals surface area contributed by atoms with Gasteiger partial charge in [-0.3, -0.25) is 0 Å². The Morgan fingerprint density at radius 1 is 0.640 bits per heavy atom. The molecule has 0 radical (unpaired) electrons. The maximum atomic E-state index is 6.22. The molecule has 0 saturated heterocycles. The summed E-state index contributed by atoms with van der Waals surface area (Å²) in [5.41, 5.74) is 2.78. The fourth-order valence-electron chi connectivity index (χ4n) is 3.42. The molecule has 25 heavy (non-hydrogen) atoms. The molecule has 3 heteroatoms. The molecule has 1 heterocycles. The van der Waals surface area contributed by atoms with Crippen molar-refractivity contribution in [3.63, 3.8) is 0 Å². The van der Waals surface area contributed by atoms with Crippen LogP contribution in [-0.2, 0) is 0 Å². The van der Waals surface area contributed by atoms with E-state index in [0.717, 1.165) is 27.5 Å². The molecule has 0 aliphatic carbocycles. The van der Waals surface area contributed by atoms with Crippen LogP contribution in [0.5, 0.6) is 0 Å². The van der Waals surface area contributed by atoms with Crippen molar-refractivity contribution >= 4 is 44.0 Å². The van der Waals surface area contributed by atoms with Crippen molar-refractivity contribution < 1.29 is 0 Å². The number of hydrogen-bond donors (Lipinski definition) is 0. The smallest absolute Gasteiger partial charge is 0.218 e. The van der Waals surface area contributed by atoms with Gasteiger partial charge in [0.05, 0.1) is 11.2 Å². The standard InChI is InChI=1S/C22H13ClN2/c23-22-24-19-12-11-15-6-3-4-8-18(15)20(19)21(25-22)17-10-9-14-5-1-2-7-16(14)13-17/h1-13H. The largest absolute Gasteiger partial charge is 0.223 e. The number of rotatable bonds is 1. The van der Waals surface area contributed by atoms with E-state index < -0.39 is 0 Å². The van der Waals surface area contributed by atoms with Crippen molar-refractivity contribution in [2.45, 2.75) is 0 Å². The zero-order valence-electron chi connectivity index (χ0n) is 13.3. The lowest BCUT2D eigenvalue weighted by molar-refractivity contribution is 1.23. The molecule has 0 aliphatic rings. The van der Waals surface area contributed by atoms with Crippen molar-refractivity contribution in [3.8, 4) is 11.3 Å². The highest BCUT2D eigenvalue weighted by atomic mass is 35.5. The van der Waals surface area contributed by atoms with Gasteiger partial charge in [0.1, 0.15) is 0 Å². The number of benzene rings is 4. The highest BCUT2D eigenvalue weighted by Crippen LogP contribution is 2.34. The molecule has 1 aromatic heterocycles. The molecule has 4 aromatic carbocycles. The number of fused-ring (bicyclic) bond motifs is 4. The summed E-state index contributed by atoms with van der Waals surface area (Å²) in [5.74, 6) is 0. The number of nitrogens with zero attached hydrogens (tertiary/aromatic N) is 2. The zero-order valence-corrected chi connectivity index (χ0v) is 14.0. The van der Waals surface area contributed by atoms with E-state index in [1.165, 1.54) is 16.2 Å². The van der Waals surface area contributed by atoms with Crippen molar-refractivity contribution in [3.05, 3.63) is 84.1 Å². The predicted molar refractivity (Wildman–Crippen MR) is 105 cm³/mol. The van der Waals surface area contributed by atoms with Gasteiger partial charge in [-0.1, -0.05) is 66.7 Å². The average Bonchev–Trinajstić information content (AvgIpc) is 2.66. The first kappa shape index (κ1) is 14.4. The van der Waals surface area contributed by atoms with Gasteiger partial charge >= 0.3 is 0 Å². The second-order valence-corrected chi connectivity index (χ2v) is 6.42. The average molecular weight is 341 g/mol. The van der Waals surface area contributed by atoms with Gasteiger partial charge in [-0.05, 0) is 45.3 Å². The topological polar surface area (TPSA) is 25.8 Å². The first-order valence-electron chi connectivity index (χ1n) is 8.14. The summed E-state index contributed by atoms with van der Waals surface area (Å²) in [4.78, 5) is 9.01. The molecule has 0 unspecified atom stereocenters. The van der Waals surface area contributed by atoms with Crippen LogP contribution in [-0.4, -0.2) is 9.97 Å². The van der Waals surface area contributed by atoms with Crippen LogP contribution >= 0.6 is 11.6 Å². The number of halogens is 1. The molecule has 0 saturated carbocycles. The monoisotopic (exact) mass is 340 g/mol. The first-order valence-corrected chi connectivity index (χ1v) is 8.51. The van der Waals surface area contributed by atoms with E-state index in [2.05, 4.69) is 58.5 Å². The lowest BCUT2D eigenvalue weighted by Gasteiger charge is -2.10. The lowest BCUT2D eigenvalue weighted by Crippen LogP contribution is -1.92. The molecule has 0 aliphatic heterocycles. The first-order chi connectivity index (χ1) is 12.3. The van der Waals surface area contributed by atoms with Crippen molar-refractivity contribution in [1.29, 1.82) is 0 Å². The Morgan fingerprint density at radius 3 is 2.24 bits per heavy atom. The molecular formula is C22H13ClN2. The van der Waals surface area contributed by atoms with E-state index in [1.54, 1.807) is 0 Å². The minimum absolute atomic E-state index is 0.269. The summed E-state index contributed by atoms with van der Waals surface area (Å²) in [7, 11) is 0. The van der Waals surface area contributed by atoms with E-state index in [4.69, 9.17) is 11.6 Å². The molecule has 0 N–H and O–H groups in total. The lowest BCUT2D eigenvalue weighted by atomic mass is 9.98. The number of hydrogen-bond acceptors (Lipinski definition) is 2. The highest BCUT2D eigenvalue weighted by molar-refractivity contribution is 6.29. The van der Waals surface area contributed by atoms with Gasteiger partial charge in [0, 0.05) is 10.9 Å². The van der Waals surface area contributed by atoms with Gasteiger partial charge in [0.2, 0.25) is 5.28 Å². The van der Waals surface area contributed by atoms with Crippen molar-refractivity contribution in [2.24, 2.45) is 0 Å². The zero-order chi connectivity index (χ0) is 16.8. The second-order valence-electron chi connectivity index (χ2n) is 6.08. The summed E-state index contributed by atoms with van der Waals surface area (Å²) < 4.78 is 0. The summed E-state index contributed by atoms with van der Waals surface area (Å²) >= 11 is 6.22. The van der Waals surface area contributed by atoms with Gasteiger partial charge in [-0.15, -0.1) is 0 Å². The summed E-state index contributed by atoms with van der Waals surface area (Å²) in [6, 6.07) is 27.1. The summed E-state index contributed by atoms with van der Waals surface area (Å²) in [5, 5.41) is 6.01. The van der Waals surface area contributed by atoms with Crippen LogP contribution in [0.3, 0.4) is 0 Å². The van der Waals surface area contributed by atoms with Crippen LogP contribution in [0.1, 0.15) is 0 Å². The third-order valence-corrected chi connectivity index (χ3v) is 4.75. The van der Waals surface area contributed by atoms with E-state index in [9.17, 15) is 0 Å². The molecule has 0 atom stereocenters. The van der Waals surface area contributed by atoms with Crippen LogP contribution < -0.4 is 0 Å². The maximum Gasteiger partial charge on any atom is 0.223 e. The molecule has 0 bridgehead atoms. The molecule has 0 amide bonds. The van der Waals surface area contributed by atoms with Crippen molar-refractivity contribution in [2.75, 3.05) is 0 Å². The summed E-state index contributed by atoms with van der Waals surface area (Å²) in [6.07, 6.45) is 0. The Labute approximate surface area is 149 Å². The highest BCUT2D eigenvalue weighted by Gasteiger charge is 2.12.